The molecule has 0 saturated carbocycles. The number of carbonyl (C=O) groups is 1. The Morgan fingerprint density at radius 2 is 2.04 bits per heavy atom. The Hall–Kier alpha value is -2.54. The molecule has 0 radical (unpaired) electrons. The van der Waals surface area contributed by atoms with Gasteiger partial charge in [-0.25, -0.2) is 4.98 Å². The first-order chi connectivity index (χ1) is 13.1. The van der Waals surface area contributed by atoms with E-state index < -0.39 is 0 Å². The molecule has 2 N–H and O–H groups in total. The van der Waals surface area contributed by atoms with Crippen molar-refractivity contribution in [2.75, 3.05) is 33.9 Å². The lowest BCUT2D eigenvalue weighted by Crippen LogP contribution is -2.40. The van der Waals surface area contributed by atoms with Gasteiger partial charge in [-0.05, 0) is 44.4 Å². The average Bonchev–Trinajstić information content (AvgIpc) is 3.10. The Kier molecular flexibility index (Phi) is 6.34. The van der Waals surface area contributed by atoms with E-state index in [4.69, 9.17) is 9.47 Å². The van der Waals surface area contributed by atoms with Gasteiger partial charge in [-0.3, -0.25) is 9.69 Å². The molecule has 0 aliphatic carbocycles. The molecule has 146 valence electrons. The van der Waals surface area contributed by atoms with Gasteiger partial charge in [-0.15, -0.1) is 0 Å². The zero-order valence-electron chi connectivity index (χ0n) is 16.2. The summed E-state index contributed by atoms with van der Waals surface area (Å²) in [6.45, 7) is 5.60. The monoisotopic (exact) mass is 372 g/mol. The summed E-state index contributed by atoms with van der Waals surface area (Å²) in [6.07, 6.45) is 4.00. The summed E-state index contributed by atoms with van der Waals surface area (Å²) in [5, 5.41) is 3.06. The molecule has 1 fully saturated rings. The number of nitrogens with zero attached hydrogens (tertiary/aromatic N) is 2. The molecule has 1 aromatic heterocycles. The van der Waals surface area contributed by atoms with Crippen molar-refractivity contribution in [1.29, 1.82) is 0 Å². The fourth-order valence-corrected chi connectivity index (χ4v) is 3.50. The molecule has 2 heterocycles. The Bertz CT molecular complexity index is 752. The highest BCUT2D eigenvalue weighted by atomic mass is 16.5. The molecule has 1 saturated heterocycles. The second-order valence-corrected chi connectivity index (χ2v) is 7.03. The second-order valence-electron chi connectivity index (χ2n) is 7.03. The van der Waals surface area contributed by atoms with Crippen molar-refractivity contribution < 1.29 is 14.3 Å². The average molecular weight is 372 g/mol. The number of hydrogen-bond donors (Lipinski definition) is 2. The first-order valence-corrected chi connectivity index (χ1v) is 9.31. The molecule has 7 nitrogen and oxygen atoms in total. The van der Waals surface area contributed by atoms with Crippen LogP contribution in [-0.2, 0) is 6.54 Å². The number of H-pyrrole nitrogens is 1. The number of aromatic nitrogens is 2. The minimum Gasteiger partial charge on any atom is -0.497 e. The summed E-state index contributed by atoms with van der Waals surface area (Å²) in [5.41, 5.74) is 2.77. The van der Waals surface area contributed by atoms with Crippen LogP contribution in [0.25, 0.3) is 0 Å². The van der Waals surface area contributed by atoms with Gasteiger partial charge in [0, 0.05) is 37.0 Å². The van der Waals surface area contributed by atoms with Gasteiger partial charge < -0.3 is 19.8 Å². The first-order valence-electron chi connectivity index (χ1n) is 9.31. The highest BCUT2D eigenvalue weighted by Gasteiger charge is 2.22. The third-order valence-corrected chi connectivity index (χ3v) is 5.08. The molecule has 1 unspecified atom stereocenters. The fourth-order valence-electron chi connectivity index (χ4n) is 3.50. The number of rotatable bonds is 7. The van der Waals surface area contributed by atoms with E-state index in [-0.39, 0.29) is 5.91 Å². The number of nitrogens with one attached hydrogen (secondary N) is 2. The summed E-state index contributed by atoms with van der Waals surface area (Å²) >= 11 is 0. The lowest BCUT2D eigenvalue weighted by atomic mass is 9.97. The van der Waals surface area contributed by atoms with Crippen molar-refractivity contribution in [3.8, 4) is 11.5 Å². The van der Waals surface area contributed by atoms with Crippen LogP contribution in [0.4, 0.5) is 0 Å². The van der Waals surface area contributed by atoms with Crippen LogP contribution in [-0.4, -0.2) is 54.6 Å². The summed E-state index contributed by atoms with van der Waals surface area (Å²) in [6, 6.07) is 5.21. The van der Waals surface area contributed by atoms with Crippen LogP contribution in [0.1, 0.15) is 34.6 Å². The van der Waals surface area contributed by atoms with Crippen molar-refractivity contribution in [3.63, 3.8) is 0 Å². The van der Waals surface area contributed by atoms with Crippen LogP contribution in [0.5, 0.6) is 11.5 Å². The number of amides is 1. The van der Waals surface area contributed by atoms with Crippen LogP contribution in [0, 0.1) is 12.8 Å². The molecule has 2 aromatic rings. The van der Waals surface area contributed by atoms with Crippen molar-refractivity contribution in [1.82, 2.24) is 20.2 Å². The number of imidazole rings is 1. The van der Waals surface area contributed by atoms with Crippen molar-refractivity contribution in [2.45, 2.75) is 26.3 Å². The summed E-state index contributed by atoms with van der Waals surface area (Å²) < 4.78 is 10.5. The zero-order valence-corrected chi connectivity index (χ0v) is 16.2. The van der Waals surface area contributed by atoms with E-state index >= 15 is 0 Å². The van der Waals surface area contributed by atoms with Gasteiger partial charge in [0.15, 0.2) is 0 Å². The van der Waals surface area contributed by atoms with Gasteiger partial charge in [0.2, 0.25) is 0 Å². The molecule has 7 heteroatoms. The summed E-state index contributed by atoms with van der Waals surface area (Å²) in [7, 11) is 3.16. The van der Waals surface area contributed by atoms with Crippen LogP contribution in [0.3, 0.4) is 0 Å². The number of piperidine rings is 1. The van der Waals surface area contributed by atoms with Crippen molar-refractivity contribution in [2.24, 2.45) is 5.92 Å². The Balaban J connectivity index is 1.54. The highest BCUT2D eigenvalue weighted by molar-refractivity contribution is 5.95. The normalized spacial score (nSPS) is 17.5. The number of hydrogen-bond acceptors (Lipinski definition) is 5. The minimum atomic E-state index is -0.104. The van der Waals surface area contributed by atoms with Gasteiger partial charge in [0.1, 0.15) is 11.5 Å². The third-order valence-electron chi connectivity index (χ3n) is 5.08. The maximum absolute atomic E-state index is 12.6. The fraction of sp³-hybridized carbons (Fsp3) is 0.500. The Morgan fingerprint density at radius 3 is 2.67 bits per heavy atom. The number of carbonyl (C=O) groups excluding carboxylic acids is 1. The summed E-state index contributed by atoms with van der Waals surface area (Å²) in [5.74, 6) is 1.55. The number of aryl methyl sites for hydroxylation is 1. The number of likely N-dealkylation sites (tertiary alicyclic amines) is 1. The predicted octanol–water partition coefficient (Wildman–Crippen LogP) is 2.38. The van der Waals surface area contributed by atoms with Crippen LogP contribution in [0.15, 0.2) is 24.5 Å². The number of ether oxygens (including phenoxy) is 2. The smallest absolute Gasteiger partial charge is 0.251 e. The van der Waals surface area contributed by atoms with Crippen LogP contribution in [0.2, 0.25) is 0 Å². The zero-order chi connectivity index (χ0) is 19.2. The molecule has 1 aromatic carbocycles. The Labute approximate surface area is 160 Å². The van der Waals surface area contributed by atoms with E-state index in [1.54, 1.807) is 38.7 Å². The molecule has 3 rings (SSSR count). The molecule has 1 atom stereocenters. The maximum atomic E-state index is 12.6. The number of benzene rings is 1. The molecular weight excluding hydrogens is 344 g/mol. The predicted molar refractivity (Wildman–Crippen MR) is 103 cm³/mol. The molecule has 1 amide bonds. The minimum absolute atomic E-state index is 0.104. The van der Waals surface area contributed by atoms with E-state index in [1.807, 2.05) is 6.92 Å². The lowest BCUT2D eigenvalue weighted by molar-refractivity contribution is 0.0929. The SMILES string of the molecule is COc1cc(OC)cc(C(=O)NCC2CCCN(Cc3nc[nH]c3C)C2)c1. The van der Waals surface area contributed by atoms with Gasteiger partial charge in [0.25, 0.3) is 5.91 Å². The molecule has 1 aliphatic rings. The van der Waals surface area contributed by atoms with Gasteiger partial charge in [-0.2, -0.15) is 0 Å². The molecule has 27 heavy (non-hydrogen) atoms. The number of methoxy groups -OCH3 is 2. The largest absolute Gasteiger partial charge is 0.497 e. The van der Waals surface area contributed by atoms with E-state index in [2.05, 4.69) is 20.2 Å². The quantitative estimate of drug-likeness (QED) is 0.780. The van der Waals surface area contributed by atoms with Gasteiger partial charge in [-0.1, -0.05) is 0 Å². The van der Waals surface area contributed by atoms with E-state index in [9.17, 15) is 4.79 Å². The standard InChI is InChI=1S/C20H28N4O3/c1-14-19(23-13-22-14)12-24-6-4-5-15(11-24)10-21-20(25)16-7-17(26-2)9-18(8-16)27-3/h7-9,13,15H,4-6,10-12H2,1-3H3,(H,21,25)(H,22,23). The first kappa shape index (κ1) is 19.2. The van der Waals surface area contributed by atoms with Gasteiger partial charge >= 0.3 is 0 Å². The van der Waals surface area contributed by atoms with Crippen molar-refractivity contribution in [3.05, 3.63) is 41.5 Å². The molecule has 1 aliphatic heterocycles. The second kappa shape index (κ2) is 8.90. The maximum Gasteiger partial charge on any atom is 0.251 e. The van der Waals surface area contributed by atoms with Crippen LogP contribution < -0.4 is 14.8 Å². The van der Waals surface area contributed by atoms with E-state index in [0.29, 0.717) is 29.5 Å². The topological polar surface area (TPSA) is 79.5 Å². The lowest BCUT2D eigenvalue weighted by Gasteiger charge is -2.32. The molecule has 0 spiro atoms. The van der Waals surface area contributed by atoms with Crippen LogP contribution >= 0.6 is 0 Å². The number of aromatic amines is 1. The van der Waals surface area contributed by atoms with Crippen molar-refractivity contribution >= 4 is 5.91 Å². The summed E-state index contributed by atoms with van der Waals surface area (Å²) in [4.78, 5) is 22.5. The molecule has 0 bridgehead atoms. The van der Waals surface area contributed by atoms with E-state index in [1.165, 1.54) is 0 Å². The van der Waals surface area contributed by atoms with Gasteiger partial charge in [0.05, 0.1) is 26.2 Å². The third kappa shape index (κ3) is 5.01. The highest BCUT2D eigenvalue weighted by Crippen LogP contribution is 2.23. The Morgan fingerprint density at radius 1 is 1.30 bits per heavy atom. The molecular formula is C20H28N4O3. The van der Waals surface area contributed by atoms with E-state index in [0.717, 1.165) is 43.9 Å².